The van der Waals surface area contributed by atoms with Crippen molar-refractivity contribution in [1.82, 2.24) is 10.3 Å². The molecule has 0 spiro atoms. The largest absolute Gasteiger partial charge is 0.344 e. The van der Waals surface area contributed by atoms with Gasteiger partial charge >= 0.3 is 11.8 Å². The number of rotatable bonds is 3. The molecular weight excluding hydrogens is 254 g/mol. The molecule has 2 aromatic rings. The first-order valence-corrected chi connectivity index (χ1v) is 6.18. The highest BCUT2D eigenvalue weighted by atomic mass is 16.2. The normalized spacial score (nSPS) is 9.85. The van der Waals surface area contributed by atoms with E-state index in [0.717, 1.165) is 5.56 Å². The first kappa shape index (κ1) is 13.7. The lowest BCUT2D eigenvalue weighted by molar-refractivity contribution is -0.137. The first-order chi connectivity index (χ1) is 9.68. The number of benzene rings is 1. The Hall–Kier alpha value is -2.69. The minimum Gasteiger partial charge on any atom is -0.344 e. The summed E-state index contributed by atoms with van der Waals surface area (Å²) in [6.07, 6.45) is 3.30. The molecule has 102 valence electrons. The summed E-state index contributed by atoms with van der Waals surface area (Å²) in [6.45, 7) is 0.279. The number of aromatic nitrogens is 1. The summed E-state index contributed by atoms with van der Waals surface area (Å²) in [4.78, 5) is 29.0. The molecule has 0 bridgehead atoms. The van der Waals surface area contributed by atoms with Gasteiger partial charge in [0.05, 0.1) is 0 Å². The lowest BCUT2D eigenvalue weighted by atomic mass is 10.2. The van der Waals surface area contributed by atoms with Crippen LogP contribution in [0.1, 0.15) is 5.56 Å². The molecule has 0 saturated carbocycles. The van der Waals surface area contributed by atoms with Crippen LogP contribution in [0, 0.1) is 0 Å². The summed E-state index contributed by atoms with van der Waals surface area (Å²) in [5.74, 6) is -1.24. The Kier molecular flexibility index (Phi) is 4.44. The third-order valence-electron chi connectivity index (χ3n) is 2.82. The molecule has 5 heteroatoms. The molecule has 0 aliphatic heterocycles. The zero-order valence-electron chi connectivity index (χ0n) is 11.1. The lowest BCUT2D eigenvalue weighted by Crippen LogP contribution is -2.40. The van der Waals surface area contributed by atoms with Gasteiger partial charge in [-0.3, -0.25) is 14.6 Å². The van der Waals surface area contributed by atoms with Crippen LogP contribution in [0.15, 0.2) is 54.9 Å². The maximum atomic E-state index is 12.0. The van der Waals surface area contributed by atoms with Crippen molar-refractivity contribution in [3.63, 3.8) is 0 Å². The van der Waals surface area contributed by atoms with Crippen LogP contribution in [0.25, 0.3) is 0 Å². The molecule has 0 radical (unpaired) electrons. The molecule has 0 unspecified atom stereocenters. The molecule has 2 rings (SSSR count). The van der Waals surface area contributed by atoms with Crippen LogP contribution in [0.4, 0.5) is 5.69 Å². The summed E-state index contributed by atoms with van der Waals surface area (Å²) >= 11 is 0. The quantitative estimate of drug-likeness (QED) is 0.856. The van der Waals surface area contributed by atoms with Gasteiger partial charge in [-0.05, 0) is 23.8 Å². The Bertz CT molecular complexity index is 585. The van der Waals surface area contributed by atoms with Crippen molar-refractivity contribution in [1.29, 1.82) is 0 Å². The number of nitrogens with one attached hydrogen (secondary N) is 1. The average Bonchev–Trinajstić information content (AvgIpc) is 2.53. The van der Waals surface area contributed by atoms with Crippen molar-refractivity contribution < 1.29 is 9.59 Å². The van der Waals surface area contributed by atoms with Gasteiger partial charge in [-0.15, -0.1) is 0 Å². The van der Waals surface area contributed by atoms with Crippen molar-refractivity contribution in [2.45, 2.75) is 6.54 Å². The van der Waals surface area contributed by atoms with Gasteiger partial charge in [-0.25, -0.2) is 0 Å². The van der Waals surface area contributed by atoms with Gasteiger partial charge in [0.15, 0.2) is 0 Å². The summed E-state index contributed by atoms with van der Waals surface area (Å²) in [6, 6.07) is 12.6. The molecule has 0 aliphatic rings. The summed E-state index contributed by atoms with van der Waals surface area (Å²) in [5.41, 5.74) is 1.52. The number of likely N-dealkylation sites (N-methyl/N-ethyl adjacent to an activating group) is 1. The van der Waals surface area contributed by atoms with Gasteiger partial charge in [0.25, 0.3) is 0 Å². The van der Waals surface area contributed by atoms with E-state index in [9.17, 15) is 9.59 Å². The smallest absolute Gasteiger partial charge is 0.316 e. The fourth-order valence-corrected chi connectivity index (χ4v) is 1.68. The van der Waals surface area contributed by atoms with E-state index in [1.165, 1.54) is 4.90 Å². The number of hydrogen-bond acceptors (Lipinski definition) is 3. The van der Waals surface area contributed by atoms with Crippen LogP contribution in [0.3, 0.4) is 0 Å². The van der Waals surface area contributed by atoms with Crippen molar-refractivity contribution in [3.8, 4) is 0 Å². The molecule has 0 fully saturated rings. The summed E-state index contributed by atoms with van der Waals surface area (Å²) in [7, 11) is 1.57. The molecule has 20 heavy (non-hydrogen) atoms. The summed E-state index contributed by atoms with van der Waals surface area (Å²) in [5, 5.41) is 2.58. The van der Waals surface area contributed by atoms with Crippen LogP contribution >= 0.6 is 0 Å². The van der Waals surface area contributed by atoms with E-state index in [-0.39, 0.29) is 6.54 Å². The van der Waals surface area contributed by atoms with Crippen molar-refractivity contribution >= 4 is 17.5 Å². The third kappa shape index (κ3) is 3.41. The molecule has 1 aromatic heterocycles. The number of pyridine rings is 1. The van der Waals surface area contributed by atoms with E-state index in [1.807, 2.05) is 24.3 Å². The highest BCUT2D eigenvalue weighted by Gasteiger charge is 2.19. The van der Waals surface area contributed by atoms with Crippen LogP contribution in [0.5, 0.6) is 0 Å². The molecule has 0 saturated heterocycles. The Balaban J connectivity index is 1.94. The molecule has 5 nitrogen and oxygen atoms in total. The lowest BCUT2D eigenvalue weighted by Gasteiger charge is -2.16. The number of nitrogens with zero attached hydrogens (tertiary/aromatic N) is 2. The number of para-hydroxylation sites is 1. The fourth-order valence-electron chi connectivity index (χ4n) is 1.68. The number of carbonyl (C=O) groups is 2. The monoisotopic (exact) mass is 269 g/mol. The van der Waals surface area contributed by atoms with Gasteiger partial charge in [0, 0.05) is 31.7 Å². The van der Waals surface area contributed by atoms with E-state index < -0.39 is 11.8 Å². The second-order valence-electron chi connectivity index (χ2n) is 4.24. The van der Waals surface area contributed by atoms with E-state index in [2.05, 4.69) is 10.3 Å². The number of carbonyl (C=O) groups excluding carboxylic acids is 2. The SMILES string of the molecule is CN(C(=O)C(=O)NCc1cccnc1)c1ccccc1. The van der Waals surface area contributed by atoms with Crippen molar-refractivity contribution in [2.75, 3.05) is 11.9 Å². The summed E-state index contributed by atoms with van der Waals surface area (Å²) < 4.78 is 0. The van der Waals surface area contributed by atoms with Gasteiger partial charge in [-0.1, -0.05) is 24.3 Å². The molecule has 1 N–H and O–H groups in total. The predicted molar refractivity (Wildman–Crippen MR) is 75.9 cm³/mol. The highest BCUT2D eigenvalue weighted by Crippen LogP contribution is 2.10. The second-order valence-corrected chi connectivity index (χ2v) is 4.24. The second kappa shape index (κ2) is 6.47. The van der Waals surface area contributed by atoms with Crippen LogP contribution in [-0.4, -0.2) is 23.8 Å². The Morgan fingerprint density at radius 3 is 2.55 bits per heavy atom. The zero-order chi connectivity index (χ0) is 14.4. The molecule has 1 heterocycles. The number of hydrogen-bond donors (Lipinski definition) is 1. The minimum absolute atomic E-state index is 0.279. The van der Waals surface area contributed by atoms with E-state index in [0.29, 0.717) is 5.69 Å². The topological polar surface area (TPSA) is 62.3 Å². The van der Waals surface area contributed by atoms with E-state index >= 15 is 0 Å². The zero-order valence-corrected chi connectivity index (χ0v) is 11.1. The van der Waals surface area contributed by atoms with Crippen LogP contribution in [-0.2, 0) is 16.1 Å². The molecule has 1 aromatic carbocycles. The Morgan fingerprint density at radius 2 is 1.90 bits per heavy atom. The molecule has 0 aliphatic carbocycles. The predicted octanol–water partition coefficient (Wildman–Crippen LogP) is 1.36. The highest BCUT2D eigenvalue weighted by molar-refractivity contribution is 6.40. The Labute approximate surface area is 117 Å². The Morgan fingerprint density at radius 1 is 1.15 bits per heavy atom. The average molecular weight is 269 g/mol. The van der Waals surface area contributed by atoms with E-state index in [4.69, 9.17) is 0 Å². The first-order valence-electron chi connectivity index (χ1n) is 6.18. The van der Waals surface area contributed by atoms with Gasteiger partial charge in [-0.2, -0.15) is 0 Å². The van der Waals surface area contributed by atoms with Crippen LogP contribution in [0.2, 0.25) is 0 Å². The van der Waals surface area contributed by atoms with Crippen LogP contribution < -0.4 is 10.2 Å². The standard InChI is InChI=1S/C15H15N3O2/c1-18(13-7-3-2-4-8-13)15(20)14(19)17-11-12-6-5-9-16-10-12/h2-10H,11H2,1H3,(H,17,19). The minimum atomic E-state index is -0.639. The maximum Gasteiger partial charge on any atom is 0.316 e. The van der Waals surface area contributed by atoms with Crippen molar-refractivity contribution in [3.05, 3.63) is 60.4 Å². The van der Waals surface area contributed by atoms with Crippen molar-refractivity contribution in [2.24, 2.45) is 0 Å². The molecular formula is C15H15N3O2. The third-order valence-corrected chi connectivity index (χ3v) is 2.82. The van der Waals surface area contributed by atoms with Gasteiger partial charge in [0.2, 0.25) is 0 Å². The molecule has 0 atom stereocenters. The number of amides is 2. The van der Waals surface area contributed by atoms with Gasteiger partial charge in [0.1, 0.15) is 0 Å². The maximum absolute atomic E-state index is 12.0. The van der Waals surface area contributed by atoms with E-state index in [1.54, 1.807) is 37.6 Å². The number of anilines is 1. The molecule has 2 amide bonds. The van der Waals surface area contributed by atoms with Gasteiger partial charge < -0.3 is 10.2 Å². The fraction of sp³-hybridized carbons (Fsp3) is 0.133.